The minimum absolute atomic E-state index is 0.709. The van der Waals surface area contributed by atoms with Crippen LogP contribution in [0, 0.1) is 11.8 Å². The van der Waals surface area contributed by atoms with Crippen molar-refractivity contribution < 1.29 is 0 Å². The lowest BCUT2D eigenvalue weighted by Gasteiger charge is -2.41. The first kappa shape index (κ1) is 16.1. The summed E-state index contributed by atoms with van der Waals surface area (Å²) in [7, 11) is 0. The van der Waals surface area contributed by atoms with Crippen LogP contribution in [0.5, 0.6) is 0 Å². The van der Waals surface area contributed by atoms with Crippen molar-refractivity contribution in [1.29, 1.82) is 0 Å². The van der Waals surface area contributed by atoms with Crippen LogP contribution in [-0.4, -0.2) is 23.5 Å². The van der Waals surface area contributed by atoms with E-state index in [4.69, 9.17) is 0 Å². The van der Waals surface area contributed by atoms with Gasteiger partial charge in [-0.2, -0.15) is 0 Å². The molecule has 4 atom stereocenters. The molecule has 0 bridgehead atoms. The van der Waals surface area contributed by atoms with Gasteiger partial charge in [-0.3, -0.25) is 4.90 Å². The molecule has 2 aliphatic heterocycles. The summed E-state index contributed by atoms with van der Waals surface area (Å²) >= 11 is 0. The van der Waals surface area contributed by atoms with Crippen LogP contribution in [-0.2, 0) is 0 Å². The molecule has 0 aromatic heterocycles. The maximum atomic E-state index is 3.87. The number of rotatable bonds is 8. The van der Waals surface area contributed by atoms with Crippen LogP contribution in [0.3, 0.4) is 0 Å². The van der Waals surface area contributed by atoms with E-state index in [9.17, 15) is 0 Å². The van der Waals surface area contributed by atoms with Gasteiger partial charge in [0.25, 0.3) is 0 Å². The molecule has 0 spiro atoms. The SMILES string of the molecule is C=CC(C)CCCCCCC1CCC(C)C2CCCN12. The van der Waals surface area contributed by atoms with Gasteiger partial charge in [0.1, 0.15) is 0 Å². The summed E-state index contributed by atoms with van der Waals surface area (Å²) in [4.78, 5) is 2.87. The molecule has 0 amide bonds. The fourth-order valence-electron chi connectivity index (χ4n) is 4.32. The Kier molecular flexibility index (Phi) is 6.61. The Balaban J connectivity index is 1.58. The number of fused-ring (bicyclic) bond motifs is 1. The van der Waals surface area contributed by atoms with Crippen molar-refractivity contribution in [2.45, 2.75) is 90.1 Å². The Morgan fingerprint density at radius 2 is 1.95 bits per heavy atom. The summed E-state index contributed by atoms with van der Waals surface area (Å²) in [6, 6.07) is 1.85. The van der Waals surface area contributed by atoms with Gasteiger partial charge in [0.15, 0.2) is 0 Å². The minimum Gasteiger partial charge on any atom is -0.297 e. The van der Waals surface area contributed by atoms with E-state index in [1.54, 1.807) is 0 Å². The molecule has 2 saturated heterocycles. The minimum atomic E-state index is 0.709. The maximum Gasteiger partial charge on any atom is 0.0124 e. The summed E-state index contributed by atoms with van der Waals surface area (Å²) < 4.78 is 0. The Labute approximate surface area is 126 Å². The topological polar surface area (TPSA) is 3.24 Å². The van der Waals surface area contributed by atoms with Gasteiger partial charge >= 0.3 is 0 Å². The molecular formula is C19H35N. The lowest BCUT2D eigenvalue weighted by Crippen LogP contribution is -2.46. The number of hydrogen-bond acceptors (Lipinski definition) is 1. The summed E-state index contributed by atoms with van der Waals surface area (Å²) in [6.07, 6.45) is 16.4. The zero-order valence-corrected chi connectivity index (χ0v) is 13.8. The molecule has 2 fully saturated rings. The van der Waals surface area contributed by atoms with Gasteiger partial charge in [0.05, 0.1) is 0 Å². The van der Waals surface area contributed by atoms with Crippen LogP contribution in [0.2, 0.25) is 0 Å². The van der Waals surface area contributed by atoms with E-state index in [1.165, 1.54) is 70.8 Å². The van der Waals surface area contributed by atoms with E-state index < -0.39 is 0 Å². The van der Waals surface area contributed by atoms with Crippen LogP contribution in [0.15, 0.2) is 12.7 Å². The van der Waals surface area contributed by atoms with Gasteiger partial charge < -0.3 is 0 Å². The predicted molar refractivity (Wildman–Crippen MR) is 89.0 cm³/mol. The Bertz CT molecular complexity index is 285. The highest BCUT2D eigenvalue weighted by Crippen LogP contribution is 2.36. The van der Waals surface area contributed by atoms with E-state index in [2.05, 4.69) is 31.4 Å². The monoisotopic (exact) mass is 277 g/mol. The number of unbranched alkanes of at least 4 members (excludes halogenated alkanes) is 3. The standard InChI is InChI=1S/C19H35N/c1-4-16(2)10-7-5-6-8-11-18-14-13-17(3)19-12-9-15-20(18)19/h4,16-19H,1,5-15H2,2-3H3. The lowest BCUT2D eigenvalue weighted by atomic mass is 9.85. The molecule has 0 aromatic rings. The van der Waals surface area contributed by atoms with Crippen molar-refractivity contribution in [3.8, 4) is 0 Å². The molecule has 116 valence electrons. The molecule has 0 aromatic carbocycles. The van der Waals surface area contributed by atoms with E-state index >= 15 is 0 Å². The normalized spacial score (nSPS) is 32.0. The molecule has 2 rings (SSSR count). The second-order valence-electron chi connectivity index (χ2n) is 7.36. The van der Waals surface area contributed by atoms with E-state index in [0.29, 0.717) is 5.92 Å². The van der Waals surface area contributed by atoms with Gasteiger partial charge in [-0.15, -0.1) is 6.58 Å². The van der Waals surface area contributed by atoms with Crippen molar-refractivity contribution in [3.63, 3.8) is 0 Å². The molecule has 0 aliphatic carbocycles. The van der Waals surface area contributed by atoms with E-state index in [0.717, 1.165) is 18.0 Å². The fourth-order valence-corrected chi connectivity index (χ4v) is 4.32. The van der Waals surface area contributed by atoms with Crippen molar-refractivity contribution in [3.05, 3.63) is 12.7 Å². The van der Waals surface area contributed by atoms with E-state index in [1.807, 2.05) is 0 Å². The zero-order chi connectivity index (χ0) is 14.4. The van der Waals surface area contributed by atoms with E-state index in [-0.39, 0.29) is 0 Å². The van der Waals surface area contributed by atoms with Crippen LogP contribution >= 0.6 is 0 Å². The number of nitrogens with zero attached hydrogens (tertiary/aromatic N) is 1. The number of allylic oxidation sites excluding steroid dienone is 1. The molecule has 20 heavy (non-hydrogen) atoms. The van der Waals surface area contributed by atoms with Crippen molar-refractivity contribution in [1.82, 2.24) is 4.90 Å². The van der Waals surface area contributed by atoms with Crippen molar-refractivity contribution in [2.75, 3.05) is 6.54 Å². The van der Waals surface area contributed by atoms with Crippen LogP contribution < -0.4 is 0 Å². The molecule has 0 radical (unpaired) electrons. The molecule has 2 heterocycles. The third kappa shape index (κ3) is 4.35. The van der Waals surface area contributed by atoms with Gasteiger partial charge in [-0.1, -0.05) is 45.6 Å². The predicted octanol–water partition coefficient (Wildman–Crippen LogP) is 5.41. The highest BCUT2D eigenvalue weighted by Gasteiger charge is 2.37. The average Bonchev–Trinajstić information content (AvgIpc) is 2.95. The summed E-state index contributed by atoms with van der Waals surface area (Å²) in [5.74, 6) is 1.66. The quantitative estimate of drug-likeness (QED) is 0.423. The maximum absolute atomic E-state index is 3.87. The molecule has 1 heteroatoms. The largest absolute Gasteiger partial charge is 0.297 e. The van der Waals surface area contributed by atoms with Crippen molar-refractivity contribution in [2.24, 2.45) is 11.8 Å². The van der Waals surface area contributed by atoms with Crippen LogP contribution in [0.4, 0.5) is 0 Å². The second-order valence-corrected chi connectivity index (χ2v) is 7.36. The number of piperidine rings is 1. The highest BCUT2D eigenvalue weighted by atomic mass is 15.2. The van der Waals surface area contributed by atoms with Crippen molar-refractivity contribution >= 4 is 0 Å². The molecule has 2 aliphatic rings. The summed E-state index contributed by atoms with van der Waals surface area (Å²) in [5.41, 5.74) is 0. The highest BCUT2D eigenvalue weighted by molar-refractivity contribution is 4.92. The Morgan fingerprint density at radius 1 is 1.15 bits per heavy atom. The molecule has 1 nitrogen and oxygen atoms in total. The lowest BCUT2D eigenvalue weighted by molar-refractivity contribution is 0.0750. The second kappa shape index (κ2) is 8.22. The average molecular weight is 277 g/mol. The zero-order valence-electron chi connectivity index (χ0n) is 13.8. The molecule has 0 saturated carbocycles. The first-order valence-electron chi connectivity index (χ1n) is 9.10. The first-order chi connectivity index (χ1) is 9.72. The summed E-state index contributed by atoms with van der Waals surface area (Å²) in [5, 5.41) is 0. The van der Waals surface area contributed by atoms with Gasteiger partial charge in [0.2, 0.25) is 0 Å². The first-order valence-corrected chi connectivity index (χ1v) is 9.10. The molecule has 4 unspecified atom stereocenters. The van der Waals surface area contributed by atoms with Crippen LogP contribution in [0.25, 0.3) is 0 Å². The summed E-state index contributed by atoms with van der Waals surface area (Å²) in [6.45, 7) is 10.0. The molecule has 0 N–H and O–H groups in total. The Morgan fingerprint density at radius 3 is 2.75 bits per heavy atom. The fraction of sp³-hybridized carbons (Fsp3) is 0.895. The number of hydrogen-bond donors (Lipinski definition) is 0. The molecular weight excluding hydrogens is 242 g/mol. The van der Waals surface area contributed by atoms with Gasteiger partial charge in [-0.25, -0.2) is 0 Å². The van der Waals surface area contributed by atoms with Gasteiger partial charge in [-0.05, 0) is 56.9 Å². The third-order valence-electron chi connectivity index (χ3n) is 5.77. The Hall–Kier alpha value is -0.300. The van der Waals surface area contributed by atoms with Gasteiger partial charge in [0, 0.05) is 12.1 Å². The smallest absolute Gasteiger partial charge is 0.0124 e. The van der Waals surface area contributed by atoms with Crippen LogP contribution in [0.1, 0.15) is 78.1 Å². The third-order valence-corrected chi connectivity index (χ3v) is 5.77.